The van der Waals surface area contributed by atoms with Crippen LogP contribution >= 0.6 is 0 Å². The number of hydrogen-bond donors (Lipinski definition) is 4. The fourth-order valence-electron chi connectivity index (χ4n) is 0.784. The van der Waals surface area contributed by atoms with Crippen molar-refractivity contribution in [2.45, 2.75) is 31.9 Å². The Hall–Kier alpha value is -0.650. The molecule has 0 saturated heterocycles. The lowest BCUT2D eigenvalue weighted by Crippen LogP contribution is -2.44. The Morgan fingerprint density at radius 2 is 2.15 bits per heavy atom. The van der Waals surface area contributed by atoms with Crippen molar-refractivity contribution in [1.29, 1.82) is 0 Å². The molecule has 2 atom stereocenters. The molecule has 5 nitrogen and oxygen atoms in total. The zero-order valence-corrected chi connectivity index (χ0v) is 7.95. The third-order valence-electron chi connectivity index (χ3n) is 1.65. The summed E-state index contributed by atoms with van der Waals surface area (Å²) in [6.07, 6.45) is 0.00150. The highest BCUT2D eigenvalue weighted by molar-refractivity contribution is 5.67. The molecule has 0 spiro atoms. The molecule has 78 valence electrons. The van der Waals surface area contributed by atoms with Gasteiger partial charge < -0.3 is 20.6 Å². The van der Waals surface area contributed by atoms with Crippen LogP contribution in [0.4, 0.5) is 0 Å². The highest BCUT2D eigenvalue weighted by Gasteiger charge is 2.19. The molecular formula is C8H17NO4. The van der Waals surface area contributed by atoms with Gasteiger partial charge in [0.2, 0.25) is 0 Å². The highest BCUT2D eigenvalue weighted by Crippen LogP contribution is 2.00. The second kappa shape index (κ2) is 5.16. The monoisotopic (exact) mass is 191 g/mol. The predicted octanol–water partition coefficient (Wildman–Crippen LogP) is -0.817. The van der Waals surface area contributed by atoms with Gasteiger partial charge in [0.05, 0.1) is 18.6 Å². The number of carboxylic acids is 1. The molecule has 0 aliphatic heterocycles. The largest absolute Gasteiger partial charge is 0.481 e. The van der Waals surface area contributed by atoms with Gasteiger partial charge in [-0.05, 0) is 13.8 Å². The Morgan fingerprint density at radius 3 is 2.54 bits per heavy atom. The quantitative estimate of drug-likeness (QED) is 0.440. The van der Waals surface area contributed by atoms with E-state index in [0.29, 0.717) is 0 Å². The van der Waals surface area contributed by atoms with E-state index in [1.807, 2.05) is 0 Å². The minimum atomic E-state index is -1.19. The Labute approximate surface area is 77.4 Å². The Morgan fingerprint density at radius 1 is 1.62 bits per heavy atom. The first kappa shape index (κ1) is 12.3. The van der Waals surface area contributed by atoms with Crippen molar-refractivity contribution in [2.75, 3.05) is 13.2 Å². The van der Waals surface area contributed by atoms with Crippen LogP contribution in [0.15, 0.2) is 0 Å². The molecule has 0 saturated carbocycles. The fraction of sp³-hybridized carbons (Fsp3) is 0.875. The number of nitrogens with one attached hydrogen (secondary N) is 1. The normalized spacial score (nSPS) is 17.8. The molecule has 0 bridgehead atoms. The SMILES string of the molecule is CC(CC(=O)O)NCC(C)(O)CO. The maximum Gasteiger partial charge on any atom is 0.304 e. The van der Waals surface area contributed by atoms with Gasteiger partial charge >= 0.3 is 5.97 Å². The number of aliphatic carboxylic acids is 1. The maximum atomic E-state index is 10.3. The zero-order valence-electron chi connectivity index (χ0n) is 7.95. The van der Waals surface area contributed by atoms with Crippen LogP contribution in [0.2, 0.25) is 0 Å². The van der Waals surface area contributed by atoms with Crippen molar-refractivity contribution in [1.82, 2.24) is 5.32 Å². The summed E-state index contributed by atoms with van der Waals surface area (Å²) in [5.74, 6) is -0.886. The first-order valence-electron chi connectivity index (χ1n) is 4.16. The summed E-state index contributed by atoms with van der Waals surface area (Å²) >= 11 is 0. The van der Waals surface area contributed by atoms with Crippen LogP contribution in [0.1, 0.15) is 20.3 Å². The number of carboxylic acid groups (broad SMARTS) is 1. The van der Waals surface area contributed by atoms with Crippen LogP contribution in [0, 0.1) is 0 Å². The van der Waals surface area contributed by atoms with Crippen LogP contribution in [0.5, 0.6) is 0 Å². The molecule has 0 heterocycles. The van der Waals surface area contributed by atoms with Gasteiger partial charge in [-0.1, -0.05) is 0 Å². The van der Waals surface area contributed by atoms with Gasteiger partial charge in [0.1, 0.15) is 0 Å². The molecular weight excluding hydrogens is 174 g/mol. The zero-order chi connectivity index (χ0) is 10.5. The number of hydrogen-bond acceptors (Lipinski definition) is 4. The third-order valence-corrected chi connectivity index (χ3v) is 1.65. The molecule has 13 heavy (non-hydrogen) atoms. The lowest BCUT2D eigenvalue weighted by atomic mass is 10.1. The van der Waals surface area contributed by atoms with E-state index in [0.717, 1.165) is 0 Å². The van der Waals surface area contributed by atoms with Crippen LogP contribution in [0.3, 0.4) is 0 Å². The van der Waals surface area contributed by atoms with Crippen LogP contribution < -0.4 is 5.32 Å². The Balaban J connectivity index is 3.69. The summed E-state index contributed by atoms with van der Waals surface area (Å²) in [6, 6.07) is -0.212. The van der Waals surface area contributed by atoms with Gasteiger partial charge in [-0.3, -0.25) is 4.79 Å². The molecule has 0 aromatic rings. The summed E-state index contributed by atoms with van der Waals surface area (Å²) in [6.45, 7) is 3.02. The standard InChI is InChI=1S/C8H17NO4/c1-6(3-7(11)12)9-4-8(2,13)5-10/h6,9-10,13H,3-5H2,1-2H3,(H,11,12). The molecule has 5 heteroatoms. The molecule has 0 rings (SSSR count). The topological polar surface area (TPSA) is 89.8 Å². The first-order valence-corrected chi connectivity index (χ1v) is 4.16. The van der Waals surface area contributed by atoms with Gasteiger partial charge in [-0.15, -0.1) is 0 Å². The summed E-state index contributed by atoms with van der Waals surface area (Å²) in [7, 11) is 0. The highest BCUT2D eigenvalue weighted by atomic mass is 16.4. The average Bonchev–Trinajstić information content (AvgIpc) is 2.00. The van der Waals surface area contributed by atoms with Crippen LogP contribution in [-0.4, -0.2) is 46.1 Å². The number of carbonyl (C=O) groups is 1. The van der Waals surface area contributed by atoms with E-state index in [2.05, 4.69) is 5.32 Å². The van der Waals surface area contributed by atoms with E-state index >= 15 is 0 Å². The van der Waals surface area contributed by atoms with Crippen LogP contribution in [0.25, 0.3) is 0 Å². The molecule has 0 amide bonds. The summed E-state index contributed by atoms with van der Waals surface area (Å²) in [5.41, 5.74) is -1.19. The molecule has 0 aromatic heterocycles. The molecule has 4 N–H and O–H groups in total. The van der Waals surface area contributed by atoms with E-state index in [-0.39, 0.29) is 25.6 Å². The lowest BCUT2D eigenvalue weighted by Gasteiger charge is -2.23. The Kier molecular flexibility index (Phi) is 4.90. The van der Waals surface area contributed by atoms with Crippen LogP contribution in [-0.2, 0) is 4.79 Å². The predicted molar refractivity (Wildman–Crippen MR) is 47.4 cm³/mol. The molecule has 0 aromatic carbocycles. The maximum absolute atomic E-state index is 10.3. The third kappa shape index (κ3) is 6.51. The van der Waals surface area contributed by atoms with Crippen molar-refractivity contribution in [3.05, 3.63) is 0 Å². The van der Waals surface area contributed by atoms with Gasteiger partial charge in [-0.2, -0.15) is 0 Å². The molecule has 0 aliphatic carbocycles. The minimum Gasteiger partial charge on any atom is -0.481 e. The summed E-state index contributed by atoms with van der Waals surface area (Å²) < 4.78 is 0. The van der Waals surface area contributed by atoms with E-state index in [1.165, 1.54) is 6.92 Å². The van der Waals surface area contributed by atoms with Crippen molar-refractivity contribution < 1.29 is 20.1 Å². The second-order valence-electron chi connectivity index (χ2n) is 3.53. The summed E-state index contributed by atoms with van der Waals surface area (Å²) in [5, 5.41) is 29.3. The number of aliphatic hydroxyl groups excluding tert-OH is 1. The average molecular weight is 191 g/mol. The number of aliphatic hydroxyl groups is 2. The smallest absolute Gasteiger partial charge is 0.304 e. The van der Waals surface area contributed by atoms with Gasteiger partial charge in [0.25, 0.3) is 0 Å². The second-order valence-corrected chi connectivity index (χ2v) is 3.53. The molecule has 0 aliphatic rings. The van der Waals surface area contributed by atoms with E-state index < -0.39 is 11.6 Å². The molecule has 0 fully saturated rings. The molecule has 0 radical (unpaired) electrons. The van der Waals surface area contributed by atoms with Crippen molar-refractivity contribution in [3.63, 3.8) is 0 Å². The van der Waals surface area contributed by atoms with Crippen molar-refractivity contribution in [2.24, 2.45) is 0 Å². The van der Waals surface area contributed by atoms with Gasteiger partial charge in [0, 0.05) is 12.6 Å². The fourth-order valence-corrected chi connectivity index (χ4v) is 0.784. The van der Waals surface area contributed by atoms with Crippen molar-refractivity contribution in [3.8, 4) is 0 Å². The molecule has 2 unspecified atom stereocenters. The van der Waals surface area contributed by atoms with E-state index in [4.69, 9.17) is 10.2 Å². The lowest BCUT2D eigenvalue weighted by molar-refractivity contribution is -0.137. The van der Waals surface area contributed by atoms with Crippen molar-refractivity contribution >= 4 is 5.97 Å². The first-order chi connectivity index (χ1) is 5.87. The Bertz CT molecular complexity index is 170. The van der Waals surface area contributed by atoms with E-state index in [9.17, 15) is 9.90 Å². The minimum absolute atomic E-state index is 0.00150. The number of rotatable bonds is 6. The van der Waals surface area contributed by atoms with Gasteiger partial charge in [0.15, 0.2) is 0 Å². The van der Waals surface area contributed by atoms with Gasteiger partial charge in [-0.25, -0.2) is 0 Å². The van der Waals surface area contributed by atoms with E-state index in [1.54, 1.807) is 6.92 Å². The summed E-state index contributed by atoms with van der Waals surface area (Å²) in [4.78, 5) is 10.3.